The van der Waals surface area contributed by atoms with Crippen LogP contribution in [0.25, 0.3) is 0 Å². The molecule has 0 aromatic heterocycles. The van der Waals surface area contributed by atoms with E-state index in [9.17, 15) is 9.59 Å². The minimum Gasteiger partial charge on any atom is -0.477 e. The van der Waals surface area contributed by atoms with Crippen molar-refractivity contribution in [2.45, 2.75) is 38.0 Å². The minimum absolute atomic E-state index is 0.0589. The third kappa shape index (κ3) is 1.65. The molecule has 0 spiro atoms. The monoisotopic (exact) mass is 227 g/mol. The van der Waals surface area contributed by atoms with Crippen LogP contribution in [0.2, 0.25) is 0 Å². The largest absolute Gasteiger partial charge is 0.477 e. The van der Waals surface area contributed by atoms with Crippen LogP contribution in [0.3, 0.4) is 0 Å². The van der Waals surface area contributed by atoms with Crippen LogP contribution in [-0.4, -0.2) is 27.3 Å². The number of rotatable bonds is 4. The Labute approximate surface area is 92.3 Å². The number of hydrogen-bond acceptors (Lipinski definition) is 3. The van der Waals surface area contributed by atoms with Crippen LogP contribution in [0.15, 0.2) is 10.6 Å². The van der Waals surface area contributed by atoms with Gasteiger partial charge in [0.05, 0.1) is 11.8 Å². The molecule has 0 aliphatic carbocycles. The van der Waals surface area contributed by atoms with Crippen LogP contribution in [0.4, 0.5) is 0 Å². The van der Waals surface area contributed by atoms with E-state index in [-0.39, 0.29) is 17.0 Å². The molecule has 1 atom stereocenters. The molecular weight excluding hydrogens is 214 g/mol. The molecule has 82 valence electrons. The third-order valence-electron chi connectivity index (χ3n) is 2.65. The maximum atomic E-state index is 11.3. The number of carbonyl (C=O) groups excluding carboxylic acids is 1. The Balaban J connectivity index is 2.19. The highest BCUT2D eigenvalue weighted by Crippen LogP contribution is 2.47. The average molecular weight is 227 g/mol. The Kier molecular flexibility index (Phi) is 2.73. The minimum atomic E-state index is -0.968. The molecule has 1 amide bonds. The molecule has 2 aliphatic rings. The van der Waals surface area contributed by atoms with Gasteiger partial charge in [0.25, 0.3) is 0 Å². The van der Waals surface area contributed by atoms with Crippen LogP contribution < -0.4 is 0 Å². The Morgan fingerprint density at radius 3 is 2.93 bits per heavy atom. The molecule has 1 N–H and O–H groups in total. The topological polar surface area (TPSA) is 57.6 Å². The number of thioether (sulfide) groups is 1. The second-order valence-electron chi connectivity index (χ2n) is 3.72. The Morgan fingerprint density at radius 1 is 1.67 bits per heavy atom. The normalized spacial score (nSPS) is 24.2. The van der Waals surface area contributed by atoms with E-state index in [2.05, 4.69) is 6.92 Å². The van der Waals surface area contributed by atoms with Crippen molar-refractivity contribution in [3.8, 4) is 0 Å². The lowest BCUT2D eigenvalue weighted by Gasteiger charge is -2.33. The van der Waals surface area contributed by atoms with Crippen molar-refractivity contribution in [1.29, 1.82) is 0 Å². The second-order valence-corrected chi connectivity index (χ2v) is 4.99. The van der Waals surface area contributed by atoms with Crippen molar-refractivity contribution in [2.24, 2.45) is 0 Å². The highest BCUT2D eigenvalue weighted by molar-refractivity contribution is 8.04. The molecular formula is C10H13NO3S. The van der Waals surface area contributed by atoms with E-state index in [1.165, 1.54) is 4.90 Å². The lowest BCUT2D eigenvalue weighted by Crippen LogP contribution is -2.48. The molecule has 15 heavy (non-hydrogen) atoms. The van der Waals surface area contributed by atoms with Gasteiger partial charge in [-0.05, 0) is 12.8 Å². The number of fused-ring (bicyclic) bond motifs is 1. The fraction of sp³-hybridized carbons (Fsp3) is 0.600. The summed E-state index contributed by atoms with van der Waals surface area (Å²) in [5, 5.41) is 9.12. The summed E-state index contributed by atoms with van der Waals surface area (Å²) in [6.45, 7) is 2.07. The zero-order valence-corrected chi connectivity index (χ0v) is 9.34. The summed E-state index contributed by atoms with van der Waals surface area (Å²) in [7, 11) is 0. The highest BCUT2D eigenvalue weighted by Gasteiger charge is 2.47. The van der Waals surface area contributed by atoms with Gasteiger partial charge in [0, 0.05) is 4.91 Å². The Bertz CT molecular complexity index is 351. The summed E-state index contributed by atoms with van der Waals surface area (Å²) >= 11 is 1.54. The van der Waals surface area contributed by atoms with Crippen LogP contribution >= 0.6 is 11.8 Å². The second kappa shape index (κ2) is 3.89. The lowest BCUT2D eigenvalue weighted by molar-refractivity contribution is -0.145. The number of β-lactam (4-membered cyclic amide) rings is 1. The standard InChI is InChI=1S/C10H13NO3S/c1-2-3-4-6-9(10(13)14)11-7(12)5-8(11)15-6/h8H,2-5H2,1H3,(H,13,14). The van der Waals surface area contributed by atoms with E-state index in [1.807, 2.05) is 0 Å². The van der Waals surface area contributed by atoms with Crippen molar-refractivity contribution in [2.75, 3.05) is 0 Å². The van der Waals surface area contributed by atoms with Gasteiger partial charge >= 0.3 is 5.97 Å². The molecule has 1 saturated heterocycles. The summed E-state index contributed by atoms with van der Waals surface area (Å²) in [4.78, 5) is 24.6. The van der Waals surface area contributed by atoms with Crippen LogP contribution in [0.1, 0.15) is 32.6 Å². The number of hydrogen-bond donors (Lipinski definition) is 1. The molecule has 0 bridgehead atoms. The zero-order valence-electron chi connectivity index (χ0n) is 8.52. The van der Waals surface area contributed by atoms with Crippen molar-refractivity contribution < 1.29 is 14.7 Å². The third-order valence-corrected chi connectivity index (χ3v) is 3.98. The van der Waals surface area contributed by atoms with Crippen molar-refractivity contribution in [3.63, 3.8) is 0 Å². The smallest absolute Gasteiger partial charge is 0.353 e. The zero-order chi connectivity index (χ0) is 11.0. The van der Waals surface area contributed by atoms with E-state index in [0.29, 0.717) is 6.42 Å². The summed E-state index contributed by atoms with van der Waals surface area (Å²) in [5.41, 5.74) is 0.231. The number of allylic oxidation sites excluding steroid dienone is 1. The Morgan fingerprint density at radius 2 is 2.40 bits per heavy atom. The lowest BCUT2D eigenvalue weighted by atomic mass is 10.1. The van der Waals surface area contributed by atoms with Crippen LogP contribution in [-0.2, 0) is 9.59 Å². The van der Waals surface area contributed by atoms with Crippen LogP contribution in [0.5, 0.6) is 0 Å². The number of unbranched alkanes of at least 4 members (excludes halogenated alkanes) is 1. The molecule has 2 heterocycles. The van der Waals surface area contributed by atoms with E-state index in [4.69, 9.17) is 5.11 Å². The summed E-state index contributed by atoms with van der Waals surface area (Å²) in [6.07, 6.45) is 3.28. The van der Waals surface area contributed by atoms with Crippen LogP contribution in [0, 0.1) is 0 Å². The number of nitrogens with zero attached hydrogens (tertiary/aromatic N) is 1. The van der Waals surface area contributed by atoms with Gasteiger partial charge in [-0.25, -0.2) is 4.79 Å². The fourth-order valence-electron chi connectivity index (χ4n) is 1.84. The maximum Gasteiger partial charge on any atom is 0.353 e. The van der Waals surface area contributed by atoms with Gasteiger partial charge in [-0.15, -0.1) is 11.8 Å². The molecule has 0 saturated carbocycles. The number of carboxylic acids is 1. The van der Waals surface area contributed by atoms with Crippen molar-refractivity contribution in [3.05, 3.63) is 10.6 Å². The van der Waals surface area contributed by atoms with Crippen molar-refractivity contribution >= 4 is 23.6 Å². The highest BCUT2D eigenvalue weighted by atomic mass is 32.2. The predicted molar refractivity (Wildman–Crippen MR) is 57.0 cm³/mol. The molecule has 4 nitrogen and oxygen atoms in total. The predicted octanol–water partition coefficient (Wildman–Crippen LogP) is 1.78. The van der Waals surface area contributed by atoms with Gasteiger partial charge in [0.15, 0.2) is 0 Å². The first-order valence-electron chi connectivity index (χ1n) is 5.10. The molecule has 5 heteroatoms. The molecule has 0 radical (unpaired) electrons. The van der Waals surface area contributed by atoms with Gasteiger partial charge in [-0.1, -0.05) is 13.3 Å². The molecule has 2 rings (SSSR count). The molecule has 1 fully saturated rings. The fourth-order valence-corrected chi connectivity index (χ4v) is 3.28. The maximum absolute atomic E-state index is 11.3. The summed E-state index contributed by atoms with van der Waals surface area (Å²) < 4.78 is 0. The van der Waals surface area contributed by atoms with Gasteiger partial charge in [-0.2, -0.15) is 0 Å². The van der Waals surface area contributed by atoms with E-state index in [1.54, 1.807) is 11.8 Å². The average Bonchev–Trinajstić information content (AvgIpc) is 2.47. The summed E-state index contributed by atoms with van der Waals surface area (Å²) in [5.74, 6) is -1.03. The van der Waals surface area contributed by atoms with E-state index in [0.717, 1.165) is 24.2 Å². The molecule has 0 aromatic rings. The number of carboxylic acid groups (broad SMARTS) is 1. The quantitative estimate of drug-likeness (QED) is 0.744. The van der Waals surface area contributed by atoms with E-state index >= 15 is 0 Å². The van der Waals surface area contributed by atoms with Gasteiger partial charge < -0.3 is 5.11 Å². The number of carbonyl (C=O) groups is 2. The first kappa shape index (κ1) is 10.5. The first-order chi connectivity index (χ1) is 7.15. The summed E-state index contributed by atoms with van der Waals surface area (Å²) in [6, 6.07) is 0. The van der Waals surface area contributed by atoms with Gasteiger partial charge in [-0.3, -0.25) is 9.69 Å². The molecule has 0 aromatic carbocycles. The van der Waals surface area contributed by atoms with Crippen molar-refractivity contribution in [1.82, 2.24) is 4.90 Å². The number of amides is 1. The van der Waals surface area contributed by atoms with E-state index < -0.39 is 5.97 Å². The Hall–Kier alpha value is -0.970. The van der Waals surface area contributed by atoms with Gasteiger partial charge in [0.2, 0.25) is 5.91 Å². The SMILES string of the molecule is CCCCC1=C(C(=O)O)N2C(=O)CC2S1. The van der Waals surface area contributed by atoms with Gasteiger partial charge in [0.1, 0.15) is 5.70 Å². The molecule has 2 aliphatic heterocycles. The first-order valence-corrected chi connectivity index (χ1v) is 5.98. The number of aliphatic carboxylic acids is 1. The molecule has 1 unspecified atom stereocenters.